The number of aromatic nitrogens is 3. The van der Waals surface area contributed by atoms with Gasteiger partial charge in [-0.05, 0) is 68.8 Å². The molecule has 0 fully saturated rings. The molecule has 0 unspecified atom stereocenters. The molecule has 8 nitrogen and oxygen atoms in total. The Kier molecular flexibility index (Phi) is 7.28. The van der Waals surface area contributed by atoms with Gasteiger partial charge in [-0.2, -0.15) is 0 Å². The number of carbonyl (C=O) groups excluding carboxylic acids is 1. The van der Waals surface area contributed by atoms with E-state index in [0.717, 1.165) is 10.9 Å². The zero-order valence-electron chi connectivity index (χ0n) is 22.9. The van der Waals surface area contributed by atoms with Crippen LogP contribution in [0.15, 0.2) is 89.9 Å². The maximum absolute atomic E-state index is 13.2. The molecule has 2 heterocycles. The average molecular weight is 538 g/mol. The lowest BCUT2D eigenvalue weighted by Gasteiger charge is -2.18. The summed E-state index contributed by atoms with van der Waals surface area (Å²) in [7, 11) is 1.78. The van der Waals surface area contributed by atoms with E-state index >= 15 is 0 Å². The van der Waals surface area contributed by atoms with Crippen LogP contribution in [0, 0.1) is 6.92 Å². The normalized spacial score (nSPS) is 11.5. The summed E-state index contributed by atoms with van der Waals surface area (Å²) in [6.45, 7) is 5.32. The van der Waals surface area contributed by atoms with Crippen LogP contribution in [0.4, 0.5) is 0 Å². The van der Waals surface area contributed by atoms with Gasteiger partial charge >= 0.3 is 0 Å². The molecular formula is C32H31N3O5. The third-order valence-electron chi connectivity index (χ3n) is 6.62. The van der Waals surface area contributed by atoms with Gasteiger partial charge in [-0.25, -0.2) is 4.68 Å². The van der Waals surface area contributed by atoms with E-state index in [-0.39, 0.29) is 29.9 Å². The van der Waals surface area contributed by atoms with Gasteiger partial charge < -0.3 is 14.6 Å². The minimum absolute atomic E-state index is 0.0980. The fourth-order valence-electron chi connectivity index (χ4n) is 4.51. The predicted molar refractivity (Wildman–Crippen MR) is 154 cm³/mol. The number of nitrogens with zero attached hydrogens (tertiary/aromatic N) is 3. The molecule has 0 saturated carbocycles. The van der Waals surface area contributed by atoms with Crippen LogP contribution in [0.1, 0.15) is 35.5 Å². The summed E-state index contributed by atoms with van der Waals surface area (Å²) >= 11 is 0. The summed E-state index contributed by atoms with van der Waals surface area (Å²) in [5.74, 6) is 1.61. The molecule has 0 aliphatic rings. The van der Waals surface area contributed by atoms with E-state index in [9.17, 15) is 14.7 Å². The first-order valence-electron chi connectivity index (χ1n) is 13.0. The van der Waals surface area contributed by atoms with Gasteiger partial charge in [0.1, 0.15) is 29.4 Å². The fourth-order valence-corrected chi connectivity index (χ4v) is 4.51. The fraction of sp³-hybridized carbons (Fsp3) is 0.219. The van der Waals surface area contributed by atoms with E-state index in [1.807, 2.05) is 54.6 Å². The van der Waals surface area contributed by atoms with Crippen LogP contribution in [-0.2, 0) is 13.5 Å². The number of benzene rings is 3. The highest BCUT2D eigenvalue weighted by Gasteiger charge is 2.22. The van der Waals surface area contributed by atoms with Gasteiger partial charge in [0.05, 0.1) is 16.8 Å². The molecule has 0 aliphatic carbocycles. The predicted octanol–water partition coefficient (Wildman–Crippen LogP) is 5.40. The first-order chi connectivity index (χ1) is 19.1. The molecule has 0 atom stereocenters. The minimum atomic E-state index is -0.939. The van der Waals surface area contributed by atoms with Crippen LogP contribution in [0.2, 0.25) is 0 Å². The summed E-state index contributed by atoms with van der Waals surface area (Å²) < 4.78 is 15.0. The van der Waals surface area contributed by atoms with E-state index in [4.69, 9.17) is 9.47 Å². The maximum Gasteiger partial charge on any atom is 0.282 e. The lowest BCUT2D eigenvalue weighted by molar-refractivity contribution is 0.0285. The second kappa shape index (κ2) is 10.8. The molecule has 5 aromatic rings. The van der Waals surface area contributed by atoms with E-state index in [0.29, 0.717) is 34.1 Å². The number of fused-ring (bicyclic) bond motifs is 1. The van der Waals surface area contributed by atoms with Crippen molar-refractivity contribution < 1.29 is 19.4 Å². The Labute approximate surface area is 232 Å². The monoisotopic (exact) mass is 537 g/mol. The summed E-state index contributed by atoms with van der Waals surface area (Å²) in [6.07, 6.45) is 1.76. The van der Waals surface area contributed by atoms with Gasteiger partial charge in [-0.3, -0.25) is 19.3 Å². The summed E-state index contributed by atoms with van der Waals surface area (Å²) in [5, 5.41) is 10.7. The number of para-hydroxylation sites is 1. The molecule has 0 saturated heterocycles. The highest BCUT2D eigenvalue weighted by atomic mass is 16.5. The number of ether oxygens (including phenoxy) is 2. The van der Waals surface area contributed by atoms with Crippen molar-refractivity contribution in [3.05, 3.63) is 112 Å². The molecule has 0 bridgehead atoms. The maximum atomic E-state index is 13.2. The molecule has 8 heteroatoms. The van der Waals surface area contributed by atoms with Crippen molar-refractivity contribution in [2.45, 2.75) is 32.8 Å². The first-order valence-corrected chi connectivity index (χ1v) is 13.0. The second-order valence-corrected chi connectivity index (χ2v) is 10.4. The lowest BCUT2D eigenvalue weighted by atomic mass is 10.0. The Balaban J connectivity index is 1.31. The Bertz CT molecular complexity index is 1730. The number of pyridine rings is 1. The topological polar surface area (TPSA) is 95.6 Å². The number of hydrogen-bond acceptors (Lipinski definition) is 6. The van der Waals surface area contributed by atoms with Gasteiger partial charge in [0.15, 0.2) is 5.78 Å². The van der Waals surface area contributed by atoms with Crippen molar-refractivity contribution >= 4 is 16.7 Å². The highest BCUT2D eigenvalue weighted by molar-refractivity contribution is 5.98. The van der Waals surface area contributed by atoms with Gasteiger partial charge in [-0.1, -0.05) is 30.3 Å². The molecule has 5 rings (SSSR count). The molecule has 2 aromatic heterocycles. The van der Waals surface area contributed by atoms with Gasteiger partial charge in [0.2, 0.25) is 0 Å². The number of ketones is 1. The number of hydrogen-bond donors (Lipinski definition) is 1. The summed E-state index contributed by atoms with van der Waals surface area (Å²) in [6, 6.07) is 23.8. The SMILES string of the molecule is Cc1c(C(=O)Cc2ccc(Oc3ccnc4cc(OCC(C)(C)O)ccc34)cc2)c(=O)n(-c2ccccc2)n1C. The quantitative estimate of drug-likeness (QED) is 0.253. The largest absolute Gasteiger partial charge is 0.491 e. The Morgan fingerprint density at radius 2 is 1.68 bits per heavy atom. The van der Waals surface area contributed by atoms with Crippen molar-refractivity contribution in [1.29, 1.82) is 0 Å². The van der Waals surface area contributed by atoms with Crippen LogP contribution in [0.5, 0.6) is 17.2 Å². The molecule has 0 spiro atoms. The Morgan fingerprint density at radius 1 is 0.975 bits per heavy atom. The third kappa shape index (κ3) is 5.67. The molecule has 1 N–H and O–H groups in total. The average Bonchev–Trinajstić information content (AvgIpc) is 3.16. The van der Waals surface area contributed by atoms with E-state index in [1.165, 1.54) is 4.68 Å². The van der Waals surface area contributed by atoms with Crippen molar-refractivity contribution in [3.8, 4) is 22.9 Å². The molecule has 0 amide bonds. The van der Waals surface area contributed by atoms with Crippen LogP contribution >= 0.6 is 0 Å². The number of rotatable bonds is 9. The number of carbonyl (C=O) groups is 1. The zero-order chi connectivity index (χ0) is 28.4. The Morgan fingerprint density at radius 3 is 2.38 bits per heavy atom. The minimum Gasteiger partial charge on any atom is -0.491 e. The van der Waals surface area contributed by atoms with Crippen molar-refractivity contribution in [2.24, 2.45) is 7.05 Å². The molecule has 204 valence electrons. The van der Waals surface area contributed by atoms with Gasteiger partial charge in [0.25, 0.3) is 5.56 Å². The van der Waals surface area contributed by atoms with E-state index in [2.05, 4.69) is 4.98 Å². The van der Waals surface area contributed by atoms with Gasteiger partial charge in [-0.15, -0.1) is 0 Å². The van der Waals surface area contributed by atoms with Crippen molar-refractivity contribution in [2.75, 3.05) is 6.61 Å². The Hall–Kier alpha value is -4.69. The standard InChI is InChI=1S/C32H31N3O5/c1-21-30(31(37)35(34(21)4)23-8-6-5-7-9-23)28(36)18-22-10-12-24(13-11-22)40-29-16-17-33-27-19-25(14-15-26(27)29)39-20-32(2,3)38/h5-17,19,38H,18,20H2,1-4H3. The summed E-state index contributed by atoms with van der Waals surface area (Å²) in [5.41, 5.74) is 1.74. The molecule has 0 aliphatic heterocycles. The zero-order valence-corrected chi connectivity index (χ0v) is 22.9. The number of Topliss-reactive ketones (excluding diaryl/α,β-unsaturated/α-hetero) is 1. The number of aliphatic hydroxyl groups is 1. The van der Waals surface area contributed by atoms with Crippen LogP contribution in [0.25, 0.3) is 16.6 Å². The van der Waals surface area contributed by atoms with E-state index < -0.39 is 5.60 Å². The molecular weight excluding hydrogens is 506 g/mol. The lowest BCUT2D eigenvalue weighted by Crippen LogP contribution is -2.27. The van der Waals surface area contributed by atoms with Crippen LogP contribution < -0.4 is 15.0 Å². The van der Waals surface area contributed by atoms with E-state index in [1.54, 1.807) is 63.0 Å². The molecule has 3 aromatic carbocycles. The molecule has 0 radical (unpaired) electrons. The van der Waals surface area contributed by atoms with Crippen LogP contribution in [0.3, 0.4) is 0 Å². The first kappa shape index (κ1) is 26.9. The van der Waals surface area contributed by atoms with Crippen LogP contribution in [-0.4, -0.2) is 37.4 Å². The smallest absolute Gasteiger partial charge is 0.282 e. The molecule has 40 heavy (non-hydrogen) atoms. The van der Waals surface area contributed by atoms with Gasteiger partial charge in [0, 0.05) is 36.8 Å². The van der Waals surface area contributed by atoms with Crippen molar-refractivity contribution in [3.63, 3.8) is 0 Å². The summed E-state index contributed by atoms with van der Waals surface area (Å²) in [4.78, 5) is 30.8. The highest BCUT2D eigenvalue weighted by Crippen LogP contribution is 2.31. The second-order valence-electron chi connectivity index (χ2n) is 10.4. The van der Waals surface area contributed by atoms with Crippen molar-refractivity contribution in [1.82, 2.24) is 14.3 Å². The third-order valence-corrected chi connectivity index (χ3v) is 6.62.